The number of nitrogens with zero attached hydrogens (tertiary/aromatic N) is 2. The van der Waals surface area contributed by atoms with Crippen molar-refractivity contribution in [3.63, 3.8) is 0 Å². The minimum absolute atomic E-state index is 0.180. The Morgan fingerprint density at radius 1 is 1.28 bits per heavy atom. The van der Waals surface area contributed by atoms with E-state index in [4.69, 9.17) is 0 Å². The molecule has 1 aromatic carbocycles. The number of hydrogen-bond donors (Lipinski definition) is 2. The summed E-state index contributed by atoms with van der Waals surface area (Å²) in [5.41, 5.74) is 3.83. The zero-order valence-electron chi connectivity index (χ0n) is 14.5. The topological polar surface area (TPSA) is 79.8 Å². The Labute approximate surface area is 145 Å². The van der Waals surface area contributed by atoms with Crippen LogP contribution in [-0.2, 0) is 6.54 Å². The van der Waals surface area contributed by atoms with Crippen LogP contribution in [0.1, 0.15) is 28.5 Å². The summed E-state index contributed by atoms with van der Waals surface area (Å²) in [6.07, 6.45) is 3.31. The molecule has 0 bridgehead atoms. The number of carbonyl (C=O) groups excluding carboxylic acids is 1. The van der Waals surface area contributed by atoms with Gasteiger partial charge in [0.05, 0.1) is 18.2 Å². The molecular formula is C19H20N4O2. The van der Waals surface area contributed by atoms with Crippen molar-refractivity contribution < 1.29 is 4.79 Å². The number of nitrogens with one attached hydrogen (secondary N) is 2. The van der Waals surface area contributed by atoms with E-state index in [1.807, 2.05) is 38.1 Å². The van der Waals surface area contributed by atoms with Crippen LogP contribution in [0.25, 0.3) is 11.3 Å². The van der Waals surface area contributed by atoms with Crippen molar-refractivity contribution in [1.82, 2.24) is 14.5 Å². The molecule has 0 atom stereocenters. The van der Waals surface area contributed by atoms with E-state index < -0.39 is 5.91 Å². The molecule has 0 radical (unpaired) electrons. The van der Waals surface area contributed by atoms with E-state index in [-0.39, 0.29) is 11.1 Å². The Balaban J connectivity index is 1.94. The number of anilines is 1. The smallest absolute Gasteiger partial charge is 0.263 e. The molecule has 0 saturated heterocycles. The van der Waals surface area contributed by atoms with Crippen LogP contribution in [0.5, 0.6) is 0 Å². The fraction of sp³-hybridized carbons (Fsp3) is 0.211. The van der Waals surface area contributed by atoms with Gasteiger partial charge in [0.15, 0.2) is 0 Å². The lowest BCUT2D eigenvalue weighted by Crippen LogP contribution is -2.31. The summed E-state index contributed by atoms with van der Waals surface area (Å²) in [7, 11) is 0. The molecule has 3 rings (SSSR count). The maximum atomic E-state index is 12.7. The predicted octanol–water partition coefficient (Wildman–Crippen LogP) is 3.13. The molecule has 0 aliphatic heterocycles. The van der Waals surface area contributed by atoms with Crippen molar-refractivity contribution in [1.29, 1.82) is 0 Å². The van der Waals surface area contributed by atoms with Crippen LogP contribution < -0.4 is 10.9 Å². The summed E-state index contributed by atoms with van der Waals surface area (Å²) in [4.78, 5) is 32.3. The van der Waals surface area contributed by atoms with Crippen LogP contribution in [0.4, 0.5) is 5.69 Å². The van der Waals surface area contributed by atoms with Gasteiger partial charge in [-0.1, -0.05) is 12.1 Å². The maximum absolute atomic E-state index is 12.7. The van der Waals surface area contributed by atoms with Crippen molar-refractivity contribution in [2.24, 2.45) is 0 Å². The lowest BCUT2D eigenvalue weighted by molar-refractivity contribution is 0.102. The Morgan fingerprint density at radius 3 is 2.76 bits per heavy atom. The average Bonchev–Trinajstić information content (AvgIpc) is 3.09. The van der Waals surface area contributed by atoms with E-state index in [2.05, 4.69) is 15.3 Å². The van der Waals surface area contributed by atoms with Crippen LogP contribution in [-0.4, -0.2) is 20.4 Å². The fourth-order valence-electron chi connectivity index (χ4n) is 2.97. The number of carbonyl (C=O) groups is 1. The largest absolute Gasteiger partial charge is 0.345 e. The molecule has 2 aromatic heterocycles. The number of H-pyrrole nitrogens is 1. The molecular weight excluding hydrogens is 316 g/mol. The van der Waals surface area contributed by atoms with E-state index in [9.17, 15) is 9.59 Å². The number of rotatable bonds is 4. The van der Waals surface area contributed by atoms with Crippen molar-refractivity contribution in [2.75, 3.05) is 5.32 Å². The van der Waals surface area contributed by atoms with Crippen molar-refractivity contribution in [3.05, 3.63) is 70.0 Å². The SMILES string of the molecule is CCn1c(C)cc(C)c(C(=O)Nc2cccc(-c3cnc[nH]3)c2)c1=O. The zero-order chi connectivity index (χ0) is 18.0. The number of pyridine rings is 1. The second-order valence-corrected chi connectivity index (χ2v) is 5.89. The standard InChI is InChI=1S/C19H20N4O2/c1-4-23-13(3)8-12(2)17(19(23)25)18(24)22-15-7-5-6-14(9-15)16-10-20-11-21-16/h5-11H,4H2,1-3H3,(H,20,21)(H,22,24). The van der Waals surface area contributed by atoms with E-state index in [0.717, 1.165) is 17.0 Å². The van der Waals surface area contributed by atoms with Crippen LogP contribution in [0.15, 0.2) is 47.7 Å². The number of benzene rings is 1. The summed E-state index contributed by atoms with van der Waals surface area (Å²) in [6.45, 7) is 6.07. The Morgan fingerprint density at radius 2 is 2.08 bits per heavy atom. The molecule has 6 heteroatoms. The predicted molar refractivity (Wildman–Crippen MR) is 97.8 cm³/mol. The quantitative estimate of drug-likeness (QED) is 0.768. The minimum Gasteiger partial charge on any atom is -0.345 e. The number of aromatic amines is 1. The Hall–Kier alpha value is -3.15. The van der Waals surface area contributed by atoms with Gasteiger partial charge in [0.25, 0.3) is 11.5 Å². The highest BCUT2D eigenvalue weighted by atomic mass is 16.2. The van der Waals surface area contributed by atoms with Gasteiger partial charge in [-0.3, -0.25) is 9.59 Å². The number of hydrogen-bond acceptors (Lipinski definition) is 3. The van der Waals surface area contributed by atoms with Gasteiger partial charge in [-0.05, 0) is 44.5 Å². The first-order chi connectivity index (χ1) is 12.0. The fourth-order valence-corrected chi connectivity index (χ4v) is 2.97. The van der Waals surface area contributed by atoms with Gasteiger partial charge in [0.1, 0.15) is 5.56 Å². The molecule has 0 unspecified atom stereocenters. The molecule has 1 amide bonds. The highest BCUT2D eigenvalue weighted by molar-refractivity contribution is 6.05. The van der Waals surface area contributed by atoms with Crippen LogP contribution >= 0.6 is 0 Å². The first-order valence-electron chi connectivity index (χ1n) is 8.12. The molecule has 0 spiro atoms. The molecule has 0 aliphatic carbocycles. The van der Waals surface area contributed by atoms with E-state index in [0.29, 0.717) is 17.8 Å². The van der Waals surface area contributed by atoms with Crippen LogP contribution in [0.3, 0.4) is 0 Å². The van der Waals surface area contributed by atoms with Gasteiger partial charge in [0, 0.05) is 23.5 Å². The molecule has 2 N–H and O–H groups in total. The lowest BCUT2D eigenvalue weighted by atomic mass is 10.1. The third-order valence-corrected chi connectivity index (χ3v) is 4.18. The first kappa shape index (κ1) is 16.7. The average molecular weight is 336 g/mol. The third-order valence-electron chi connectivity index (χ3n) is 4.18. The number of amides is 1. The van der Waals surface area contributed by atoms with Gasteiger partial charge in [-0.15, -0.1) is 0 Å². The normalized spacial score (nSPS) is 10.7. The van der Waals surface area contributed by atoms with Gasteiger partial charge in [0.2, 0.25) is 0 Å². The van der Waals surface area contributed by atoms with Crippen molar-refractivity contribution >= 4 is 11.6 Å². The Kier molecular flexibility index (Phi) is 4.52. The highest BCUT2D eigenvalue weighted by Crippen LogP contribution is 2.20. The molecule has 128 valence electrons. The van der Waals surface area contributed by atoms with Crippen LogP contribution in [0.2, 0.25) is 0 Å². The summed E-state index contributed by atoms with van der Waals surface area (Å²) in [6, 6.07) is 9.26. The summed E-state index contributed by atoms with van der Waals surface area (Å²) in [5, 5.41) is 2.83. The number of aromatic nitrogens is 3. The maximum Gasteiger partial charge on any atom is 0.263 e. The molecule has 0 fully saturated rings. The van der Waals surface area contributed by atoms with Gasteiger partial charge in [-0.2, -0.15) is 0 Å². The number of imidazole rings is 1. The molecule has 6 nitrogen and oxygen atoms in total. The monoisotopic (exact) mass is 336 g/mol. The number of aryl methyl sites for hydroxylation is 2. The lowest BCUT2D eigenvalue weighted by Gasteiger charge is -2.13. The molecule has 0 saturated carbocycles. The summed E-state index contributed by atoms with van der Waals surface area (Å²) in [5.74, 6) is -0.397. The van der Waals surface area contributed by atoms with Gasteiger partial charge < -0.3 is 14.9 Å². The molecule has 3 aromatic rings. The first-order valence-corrected chi connectivity index (χ1v) is 8.12. The summed E-state index contributed by atoms with van der Waals surface area (Å²) < 4.78 is 1.60. The van der Waals surface area contributed by atoms with Gasteiger partial charge >= 0.3 is 0 Å². The van der Waals surface area contributed by atoms with E-state index in [1.54, 1.807) is 30.1 Å². The van der Waals surface area contributed by atoms with Gasteiger partial charge in [-0.25, -0.2) is 4.98 Å². The van der Waals surface area contributed by atoms with Crippen molar-refractivity contribution in [3.8, 4) is 11.3 Å². The summed E-state index contributed by atoms with van der Waals surface area (Å²) >= 11 is 0. The third kappa shape index (κ3) is 3.24. The minimum atomic E-state index is -0.397. The van der Waals surface area contributed by atoms with Crippen molar-refractivity contribution in [2.45, 2.75) is 27.3 Å². The second kappa shape index (κ2) is 6.76. The molecule has 25 heavy (non-hydrogen) atoms. The molecule has 2 heterocycles. The molecule has 0 aliphatic rings. The second-order valence-electron chi connectivity index (χ2n) is 5.89. The van der Waals surface area contributed by atoms with E-state index >= 15 is 0 Å². The highest BCUT2D eigenvalue weighted by Gasteiger charge is 2.17. The Bertz CT molecular complexity index is 972. The zero-order valence-corrected chi connectivity index (χ0v) is 14.5. The van der Waals surface area contributed by atoms with E-state index in [1.165, 1.54) is 0 Å². The van der Waals surface area contributed by atoms with Crippen LogP contribution in [0, 0.1) is 13.8 Å².